The molecule has 0 amide bonds. The van der Waals surface area contributed by atoms with Crippen LogP contribution in [0.25, 0.3) is 0 Å². The maximum Gasteiger partial charge on any atom is 0.165 e. The van der Waals surface area contributed by atoms with E-state index in [1.54, 1.807) is 0 Å². The van der Waals surface area contributed by atoms with E-state index in [0.29, 0.717) is 6.61 Å². The fourth-order valence-corrected chi connectivity index (χ4v) is 2.58. The van der Waals surface area contributed by atoms with Crippen LogP contribution < -0.4 is 15.2 Å². The van der Waals surface area contributed by atoms with Gasteiger partial charge >= 0.3 is 0 Å². The standard InChI is InChI=1S/C18H27NO2/c1-3-15(19)13-14-9-8-12-17(20-4-2)18(14)21-16-10-6-5-7-11-16/h6,8-10,12,15-16H,3-5,7,11,13,19H2,1-2H3. The Bertz CT molecular complexity index is 470. The quantitative estimate of drug-likeness (QED) is 0.775. The summed E-state index contributed by atoms with van der Waals surface area (Å²) in [6.45, 7) is 4.75. The minimum Gasteiger partial charge on any atom is -0.490 e. The van der Waals surface area contributed by atoms with E-state index in [2.05, 4.69) is 25.1 Å². The number of hydrogen-bond acceptors (Lipinski definition) is 3. The van der Waals surface area contributed by atoms with Crippen LogP contribution in [0.1, 0.15) is 45.1 Å². The highest BCUT2D eigenvalue weighted by atomic mass is 16.5. The molecule has 2 unspecified atom stereocenters. The third kappa shape index (κ3) is 4.50. The van der Waals surface area contributed by atoms with E-state index in [4.69, 9.17) is 15.2 Å². The van der Waals surface area contributed by atoms with E-state index in [-0.39, 0.29) is 12.1 Å². The lowest BCUT2D eigenvalue weighted by atomic mass is 10.0. The summed E-state index contributed by atoms with van der Waals surface area (Å²) < 4.78 is 12.0. The molecular weight excluding hydrogens is 262 g/mol. The normalized spacial score (nSPS) is 19.3. The maximum atomic E-state index is 6.25. The number of para-hydroxylation sites is 1. The number of ether oxygens (including phenoxy) is 2. The summed E-state index contributed by atoms with van der Waals surface area (Å²) in [4.78, 5) is 0. The molecule has 0 radical (unpaired) electrons. The summed E-state index contributed by atoms with van der Waals surface area (Å²) >= 11 is 0. The molecule has 1 aromatic carbocycles. The first-order chi connectivity index (χ1) is 10.2. The zero-order chi connectivity index (χ0) is 15.1. The van der Waals surface area contributed by atoms with Gasteiger partial charge in [0.05, 0.1) is 6.61 Å². The number of hydrogen-bond donors (Lipinski definition) is 1. The second kappa shape index (κ2) is 8.08. The minimum absolute atomic E-state index is 0.150. The van der Waals surface area contributed by atoms with Gasteiger partial charge in [-0.3, -0.25) is 0 Å². The van der Waals surface area contributed by atoms with Gasteiger partial charge in [-0.25, -0.2) is 0 Å². The molecule has 2 atom stereocenters. The largest absolute Gasteiger partial charge is 0.490 e. The third-order valence-electron chi connectivity index (χ3n) is 3.85. The Labute approximate surface area is 128 Å². The number of benzene rings is 1. The van der Waals surface area contributed by atoms with Crippen molar-refractivity contribution in [3.63, 3.8) is 0 Å². The Hall–Kier alpha value is -1.48. The molecule has 0 aliphatic heterocycles. The number of rotatable bonds is 7. The number of allylic oxidation sites excluding steroid dienone is 1. The van der Waals surface area contributed by atoms with Crippen molar-refractivity contribution >= 4 is 0 Å². The zero-order valence-corrected chi connectivity index (χ0v) is 13.2. The average molecular weight is 289 g/mol. The smallest absolute Gasteiger partial charge is 0.165 e. The Balaban J connectivity index is 2.24. The fraction of sp³-hybridized carbons (Fsp3) is 0.556. The first-order valence-electron chi connectivity index (χ1n) is 8.08. The lowest BCUT2D eigenvalue weighted by Gasteiger charge is -2.23. The molecule has 3 heteroatoms. The van der Waals surface area contributed by atoms with Crippen LogP contribution in [0.5, 0.6) is 11.5 Å². The summed E-state index contributed by atoms with van der Waals surface area (Å²) in [7, 11) is 0. The topological polar surface area (TPSA) is 44.5 Å². The van der Waals surface area contributed by atoms with E-state index >= 15 is 0 Å². The van der Waals surface area contributed by atoms with Crippen LogP contribution >= 0.6 is 0 Å². The van der Waals surface area contributed by atoms with E-state index in [1.807, 2.05) is 19.1 Å². The van der Waals surface area contributed by atoms with Gasteiger partial charge in [0.25, 0.3) is 0 Å². The lowest BCUT2D eigenvalue weighted by Crippen LogP contribution is -2.23. The van der Waals surface area contributed by atoms with E-state index in [0.717, 1.165) is 42.7 Å². The summed E-state index contributed by atoms with van der Waals surface area (Å²) in [6, 6.07) is 6.25. The Morgan fingerprint density at radius 1 is 1.33 bits per heavy atom. The first-order valence-corrected chi connectivity index (χ1v) is 8.08. The Kier molecular flexibility index (Phi) is 6.12. The third-order valence-corrected chi connectivity index (χ3v) is 3.85. The highest BCUT2D eigenvalue weighted by Crippen LogP contribution is 2.34. The van der Waals surface area contributed by atoms with Crippen molar-refractivity contribution in [2.45, 2.75) is 58.1 Å². The van der Waals surface area contributed by atoms with Crippen molar-refractivity contribution < 1.29 is 9.47 Å². The van der Waals surface area contributed by atoms with E-state index in [9.17, 15) is 0 Å². The molecule has 1 aliphatic rings. The second-order valence-corrected chi connectivity index (χ2v) is 5.57. The predicted octanol–water partition coefficient (Wildman–Crippen LogP) is 3.85. The van der Waals surface area contributed by atoms with Crippen LogP contribution in [0.4, 0.5) is 0 Å². The van der Waals surface area contributed by atoms with Gasteiger partial charge in [0.2, 0.25) is 0 Å². The molecule has 1 aliphatic carbocycles. The summed E-state index contributed by atoms with van der Waals surface area (Å²) in [5.74, 6) is 1.71. The van der Waals surface area contributed by atoms with Crippen LogP contribution in [-0.4, -0.2) is 18.8 Å². The van der Waals surface area contributed by atoms with Crippen LogP contribution in [0, 0.1) is 0 Å². The van der Waals surface area contributed by atoms with Gasteiger partial charge in [-0.05, 0) is 56.7 Å². The van der Waals surface area contributed by atoms with Crippen molar-refractivity contribution in [2.75, 3.05) is 6.61 Å². The molecule has 2 rings (SSSR count). The van der Waals surface area contributed by atoms with Crippen LogP contribution in [0.2, 0.25) is 0 Å². The highest BCUT2D eigenvalue weighted by Gasteiger charge is 2.18. The molecule has 0 aromatic heterocycles. The van der Waals surface area contributed by atoms with Crippen molar-refractivity contribution in [3.05, 3.63) is 35.9 Å². The fourth-order valence-electron chi connectivity index (χ4n) is 2.58. The molecule has 0 spiro atoms. The summed E-state index contributed by atoms with van der Waals surface area (Å²) in [5, 5.41) is 0. The zero-order valence-electron chi connectivity index (χ0n) is 13.2. The molecule has 0 bridgehead atoms. The molecule has 0 saturated carbocycles. The predicted molar refractivity (Wildman–Crippen MR) is 87.0 cm³/mol. The van der Waals surface area contributed by atoms with Crippen molar-refractivity contribution in [1.82, 2.24) is 0 Å². The van der Waals surface area contributed by atoms with Crippen molar-refractivity contribution in [2.24, 2.45) is 5.73 Å². The van der Waals surface area contributed by atoms with Gasteiger partial charge in [0, 0.05) is 6.04 Å². The van der Waals surface area contributed by atoms with Gasteiger partial charge in [0.15, 0.2) is 11.5 Å². The average Bonchev–Trinajstić information content (AvgIpc) is 2.51. The van der Waals surface area contributed by atoms with Gasteiger partial charge < -0.3 is 15.2 Å². The molecule has 0 saturated heterocycles. The highest BCUT2D eigenvalue weighted by molar-refractivity contribution is 5.47. The lowest BCUT2D eigenvalue weighted by molar-refractivity contribution is 0.212. The molecule has 0 heterocycles. The van der Waals surface area contributed by atoms with Crippen LogP contribution in [0.15, 0.2) is 30.4 Å². The van der Waals surface area contributed by atoms with E-state index in [1.165, 1.54) is 6.42 Å². The molecular formula is C18H27NO2. The number of nitrogens with two attached hydrogens (primary N) is 1. The van der Waals surface area contributed by atoms with Gasteiger partial charge in [0.1, 0.15) is 6.10 Å². The molecule has 3 nitrogen and oxygen atoms in total. The van der Waals surface area contributed by atoms with E-state index < -0.39 is 0 Å². The molecule has 21 heavy (non-hydrogen) atoms. The van der Waals surface area contributed by atoms with Crippen LogP contribution in [-0.2, 0) is 6.42 Å². The first kappa shape index (κ1) is 15.9. The minimum atomic E-state index is 0.150. The molecule has 116 valence electrons. The molecule has 1 aromatic rings. The maximum absolute atomic E-state index is 6.25. The Morgan fingerprint density at radius 3 is 2.86 bits per heavy atom. The monoisotopic (exact) mass is 289 g/mol. The van der Waals surface area contributed by atoms with Crippen molar-refractivity contribution in [3.8, 4) is 11.5 Å². The van der Waals surface area contributed by atoms with Crippen LogP contribution in [0.3, 0.4) is 0 Å². The van der Waals surface area contributed by atoms with Gasteiger partial charge in [-0.1, -0.05) is 25.1 Å². The second-order valence-electron chi connectivity index (χ2n) is 5.57. The van der Waals surface area contributed by atoms with Crippen molar-refractivity contribution in [1.29, 1.82) is 0 Å². The summed E-state index contributed by atoms with van der Waals surface area (Å²) in [6.07, 6.45) is 9.70. The van der Waals surface area contributed by atoms with Gasteiger partial charge in [-0.15, -0.1) is 0 Å². The van der Waals surface area contributed by atoms with Gasteiger partial charge in [-0.2, -0.15) is 0 Å². The SMILES string of the molecule is CCOc1cccc(CC(N)CC)c1OC1C=CCCC1. The Morgan fingerprint density at radius 2 is 2.19 bits per heavy atom. The summed E-state index contributed by atoms with van der Waals surface area (Å²) in [5.41, 5.74) is 7.27. The molecule has 0 fully saturated rings. The molecule has 2 N–H and O–H groups in total.